The lowest BCUT2D eigenvalue weighted by molar-refractivity contribution is 0.0358. The van der Waals surface area contributed by atoms with Crippen LogP contribution in [0.1, 0.15) is 17.3 Å². The third-order valence-electron chi connectivity index (χ3n) is 1.66. The van der Waals surface area contributed by atoms with Gasteiger partial charge >= 0.3 is 5.97 Å². The maximum absolute atomic E-state index is 11.4. The summed E-state index contributed by atoms with van der Waals surface area (Å²) in [6, 6.07) is 6.17. The second-order valence-electron chi connectivity index (χ2n) is 2.70. The maximum atomic E-state index is 11.4. The van der Waals surface area contributed by atoms with Crippen molar-refractivity contribution >= 4 is 12.7 Å². The van der Waals surface area contributed by atoms with Crippen molar-refractivity contribution in [3.63, 3.8) is 0 Å². The molecule has 4 nitrogen and oxygen atoms in total. The van der Waals surface area contributed by atoms with Crippen LogP contribution in [0.2, 0.25) is 0 Å². The molecule has 0 amide bonds. The standard InChI is InChI=1S/C10H11NO3/c1-7(11-2)14-10(13)8-5-3-4-6-9(8)12/h3-7,12H,2H2,1H3. The maximum Gasteiger partial charge on any atom is 0.343 e. The number of hydrogen-bond acceptors (Lipinski definition) is 4. The van der Waals surface area contributed by atoms with E-state index in [0.29, 0.717) is 0 Å². The molecule has 1 unspecified atom stereocenters. The van der Waals surface area contributed by atoms with E-state index in [1.165, 1.54) is 12.1 Å². The molecule has 0 radical (unpaired) electrons. The molecule has 14 heavy (non-hydrogen) atoms. The molecule has 1 rings (SSSR count). The minimum Gasteiger partial charge on any atom is -0.507 e. The first-order valence-corrected chi connectivity index (χ1v) is 4.10. The first kappa shape index (κ1) is 10.2. The van der Waals surface area contributed by atoms with Crippen LogP contribution in [0.4, 0.5) is 0 Å². The van der Waals surface area contributed by atoms with E-state index in [1.54, 1.807) is 19.1 Å². The van der Waals surface area contributed by atoms with Crippen LogP contribution in [0.25, 0.3) is 0 Å². The monoisotopic (exact) mass is 193 g/mol. The molecule has 4 heteroatoms. The minimum absolute atomic E-state index is 0.103. The lowest BCUT2D eigenvalue weighted by atomic mass is 10.2. The fourth-order valence-electron chi connectivity index (χ4n) is 0.902. The zero-order valence-corrected chi connectivity index (χ0v) is 7.80. The lowest BCUT2D eigenvalue weighted by Crippen LogP contribution is -2.12. The van der Waals surface area contributed by atoms with Crippen LogP contribution in [0.5, 0.6) is 5.75 Å². The second-order valence-corrected chi connectivity index (χ2v) is 2.70. The van der Waals surface area contributed by atoms with E-state index in [9.17, 15) is 9.90 Å². The van der Waals surface area contributed by atoms with Crippen molar-refractivity contribution in [1.29, 1.82) is 0 Å². The van der Waals surface area contributed by atoms with Crippen LogP contribution in [0.3, 0.4) is 0 Å². The van der Waals surface area contributed by atoms with Crippen molar-refractivity contribution in [1.82, 2.24) is 0 Å². The third-order valence-corrected chi connectivity index (χ3v) is 1.66. The number of phenols is 1. The van der Waals surface area contributed by atoms with Crippen LogP contribution in [-0.2, 0) is 4.74 Å². The molecule has 0 bridgehead atoms. The predicted octanol–water partition coefficient (Wildman–Crippen LogP) is 1.60. The number of aliphatic imine (C=N–C) groups is 1. The minimum atomic E-state index is -0.609. The van der Waals surface area contributed by atoms with Gasteiger partial charge in [-0.3, -0.25) is 4.99 Å². The molecule has 0 aromatic heterocycles. The molecule has 0 spiro atoms. The van der Waals surface area contributed by atoms with Gasteiger partial charge in [0.05, 0.1) is 0 Å². The van der Waals surface area contributed by atoms with Crippen LogP contribution < -0.4 is 0 Å². The van der Waals surface area contributed by atoms with Crippen molar-refractivity contribution in [2.24, 2.45) is 4.99 Å². The largest absolute Gasteiger partial charge is 0.507 e. The molecule has 0 saturated carbocycles. The van der Waals surface area contributed by atoms with Gasteiger partial charge in [-0.25, -0.2) is 4.79 Å². The molecule has 0 aliphatic carbocycles. The van der Waals surface area contributed by atoms with E-state index in [4.69, 9.17) is 4.74 Å². The number of aromatic hydroxyl groups is 1. The summed E-state index contributed by atoms with van der Waals surface area (Å²) in [5.41, 5.74) is 0.128. The van der Waals surface area contributed by atoms with Gasteiger partial charge in [-0.2, -0.15) is 0 Å². The topological polar surface area (TPSA) is 58.9 Å². The number of carbonyl (C=O) groups is 1. The lowest BCUT2D eigenvalue weighted by Gasteiger charge is -2.08. The van der Waals surface area contributed by atoms with Crippen molar-refractivity contribution in [3.05, 3.63) is 29.8 Å². The van der Waals surface area contributed by atoms with E-state index in [1.807, 2.05) is 0 Å². The molecule has 0 heterocycles. The highest BCUT2D eigenvalue weighted by molar-refractivity contribution is 5.92. The number of hydrogen-bond donors (Lipinski definition) is 1. The number of ether oxygens (including phenoxy) is 1. The molecule has 1 N–H and O–H groups in total. The Kier molecular flexibility index (Phi) is 3.23. The van der Waals surface area contributed by atoms with Gasteiger partial charge in [0.2, 0.25) is 0 Å². The Balaban J connectivity index is 2.80. The van der Waals surface area contributed by atoms with Gasteiger partial charge in [0.15, 0.2) is 6.23 Å². The molecule has 0 aliphatic rings. The summed E-state index contributed by atoms with van der Waals surface area (Å²) in [4.78, 5) is 14.9. The molecular weight excluding hydrogens is 182 g/mol. The molecule has 0 aliphatic heterocycles. The van der Waals surface area contributed by atoms with Gasteiger partial charge in [0.25, 0.3) is 0 Å². The average molecular weight is 193 g/mol. The van der Waals surface area contributed by atoms with Gasteiger partial charge in [-0.15, -0.1) is 0 Å². The summed E-state index contributed by atoms with van der Waals surface area (Å²) in [6.45, 7) is 4.83. The number of esters is 1. The fraction of sp³-hybridized carbons (Fsp3) is 0.200. The second kappa shape index (κ2) is 4.41. The van der Waals surface area contributed by atoms with Crippen molar-refractivity contribution < 1.29 is 14.6 Å². The number of benzene rings is 1. The predicted molar refractivity (Wildman–Crippen MR) is 52.5 cm³/mol. The Labute approximate surface area is 81.9 Å². The van der Waals surface area contributed by atoms with Gasteiger partial charge in [-0.1, -0.05) is 12.1 Å². The summed E-state index contributed by atoms with van der Waals surface area (Å²) in [6.07, 6.45) is -0.609. The zero-order valence-electron chi connectivity index (χ0n) is 7.80. The van der Waals surface area contributed by atoms with Crippen molar-refractivity contribution in [2.45, 2.75) is 13.2 Å². The zero-order chi connectivity index (χ0) is 10.6. The van der Waals surface area contributed by atoms with Crippen LogP contribution in [0.15, 0.2) is 29.3 Å². The highest BCUT2D eigenvalue weighted by atomic mass is 16.6. The van der Waals surface area contributed by atoms with Crippen molar-refractivity contribution in [2.75, 3.05) is 0 Å². The summed E-state index contributed by atoms with van der Waals surface area (Å²) in [7, 11) is 0. The highest BCUT2D eigenvalue weighted by Gasteiger charge is 2.13. The molecule has 1 atom stereocenters. The smallest absolute Gasteiger partial charge is 0.343 e. The molecule has 74 valence electrons. The van der Waals surface area contributed by atoms with E-state index < -0.39 is 12.2 Å². The Morgan fingerprint density at radius 2 is 2.21 bits per heavy atom. The number of para-hydroxylation sites is 1. The van der Waals surface area contributed by atoms with Crippen LogP contribution in [-0.4, -0.2) is 24.0 Å². The Hall–Kier alpha value is -1.84. The first-order chi connectivity index (χ1) is 6.65. The summed E-state index contributed by atoms with van der Waals surface area (Å²) < 4.78 is 4.84. The summed E-state index contributed by atoms with van der Waals surface area (Å²) in [5, 5.41) is 9.32. The molecular formula is C10H11NO3. The number of phenolic OH excluding ortho intramolecular Hbond substituents is 1. The van der Waals surface area contributed by atoms with Gasteiger partial charge in [-0.05, 0) is 25.8 Å². The fourth-order valence-corrected chi connectivity index (χ4v) is 0.902. The van der Waals surface area contributed by atoms with Crippen LogP contribution in [0, 0.1) is 0 Å². The molecule has 0 saturated heterocycles. The molecule has 1 aromatic rings. The van der Waals surface area contributed by atoms with Crippen molar-refractivity contribution in [3.8, 4) is 5.75 Å². The van der Waals surface area contributed by atoms with Gasteiger partial charge in [0, 0.05) is 0 Å². The number of rotatable bonds is 3. The molecule has 0 fully saturated rings. The third kappa shape index (κ3) is 2.32. The van der Waals surface area contributed by atoms with E-state index in [2.05, 4.69) is 11.7 Å². The van der Waals surface area contributed by atoms with Gasteiger partial charge < -0.3 is 9.84 Å². The first-order valence-electron chi connectivity index (χ1n) is 4.10. The van der Waals surface area contributed by atoms with E-state index >= 15 is 0 Å². The normalized spacial score (nSPS) is 11.8. The number of carbonyl (C=O) groups excluding carboxylic acids is 1. The highest BCUT2D eigenvalue weighted by Crippen LogP contribution is 2.17. The number of nitrogens with zero attached hydrogens (tertiary/aromatic N) is 1. The SMILES string of the molecule is C=NC(C)OC(=O)c1ccccc1O. The van der Waals surface area contributed by atoms with E-state index in [-0.39, 0.29) is 11.3 Å². The summed E-state index contributed by atoms with van der Waals surface area (Å²) in [5.74, 6) is -0.711. The average Bonchev–Trinajstić information content (AvgIpc) is 2.18. The quantitative estimate of drug-likeness (QED) is 0.585. The van der Waals surface area contributed by atoms with Crippen LogP contribution >= 0.6 is 0 Å². The Morgan fingerprint density at radius 3 is 2.79 bits per heavy atom. The Morgan fingerprint density at radius 1 is 1.57 bits per heavy atom. The Bertz CT molecular complexity index is 349. The molecule has 1 aromatic carbocycles. The van der Waals surface area contributed by atoms with Gasteiger partial charge in [0.1, 0.15) is 11.3 Å². The summed E-state index contributed by atoms with van der Waals surface area (Å²) >= 11 is 0. The van der Waals surface area contributed by atoms with E-state index in [0.717, 1.165) is 0 Å².